The van der Waals surface area contributed by atoms with Gasteiger partial charge in [-0.3, -0.25) is 4.79 Å². The summed E-state index contributed by atoms with van der Waals surface area (Å²) in [6.07, 6.45) is 0. The van der Waals surface area contributed by atoms with Crippen molar-refractivity contribution >= 4 is 23.6 Å². The Morgan fingerprint density at radius 1 is 1.03 bits per heavy atom. The monoisotopic (exact) mass is 402 g/mol. The van der Waals surface area contributed by atoms with Gasteiger partial charge in [0.1, 0.15) is 11.1 Å². The largest absolute Gasteiger partial charge is 0.548 e. The second-order valence-corrected chi connectivity index (χ2v) is 6.98. The molecule has 0 saturated heterocycles. The number of hydrogen-bond acceptors (Lipinski definition) is 6. The minimum absolute atomic E-state index is 0.0680. The number of pyridine rings is 1. The SMILES string of the molecule is N#Cc1c(-c2ccccc2)cc(-c2ccccc2)nc1SCC(=O)NCC(=O)[O-]. The molecule has 3 aromatic rings. The van der Waals surface area contributed by atoms with E-state index in [1.54, 1.807) is 0 Å². The molecule has 0 saturated carbocycles. The molecule has 1 amide bonds. The number of amides is 1. The lowest BCUT2D eigenvalue weighted by atomic mass is 9.99. The van der Waals surface area contributed by atoms with Crippen molar-refractivity contribution in [1.29, 1.82) is 5.26 Å². The fourth-order valence-electron chi connectivity index (χ4n) is 2.69. The first-order valence-corrected chi connectivity index (χ1v) is 9.72. The lowest BCUT2D eigenvalue weighted by Gasteiger charge is -2.13. The molecule has 6 nitrogen and oxygen atoms in total. The topological polar surface area (TPSA) is 106 Å². The van der Waals surface area contributed by atoms with Crippen LogP contribution in [0.3, 0.4) is 0 Å². The van der Waals surface area contributed by atoms with Crippen LogP contribution in [0.4, 0.5) is 0 Å². The van der Waals surface area contributed by atoms with E-state index in [9.17, 15) is 20.0 Å². The summed E-state index contributed by atoms with van der Waals surface area (Å²) in [7, 11) is 0. The van der Waals surface area contributed by atoms with E-state index in [-0.39, 0.29) is 5.75 Å². The van der Waals surface area contributed by atoms with E-state index in [4.69, 9.17) is 0 Å². The van der Waals surface area contributed by atoms with Crippen molar-refractivity contribution in [2.75, 3.05) is 12.3 Å². The highest BCUT2D eigenvalue weighted by Gasteiger charge is 2.16. The zero-order valence-corrected chi connectivity index (χ0v) is 16.1. The maximum absolute atomic E-state index is 11.9. The molecule has 7 heteroatoms. The third-order valence-corrected chi connectivity index (χ3v) is 5.00. The van der Waals surface area contributed by atoms with Crippen LogP contribution in [-0.4, -0.2) is 29.2 Å². The smallest absolute Gasteiger partial charge is 0.230 e. The minimum Gasteiger partial charge on any atom is -0.548 e. The molecule has 0 fully saturated rings. The summed E-state index contributed by atoms with van der Waals surface area (Å²) in [4.78, 5) is 27.0. The first-order valence-electron chi connectivity index (χ1n) is 8.74. The van der Waals surface area contributed by atoms with Crippen molar-refractivity contribution in [3.63, 3.8) is 0 Å². The number of carboxylic acids is 1. The van der Waals surface area contributed by atoms with Crippen molar-refractivity contribution in [1.82, 2.24) is 10.3 Å². The average Bonchev–Trinajstić information content (AvgIpc) is 2.76. The summed E-state index contributed by atoms with van der Waals surface area (Å²) >= 11 is 1.09. The Morgan fingerprint density at radius 2 is 1.66 bits per heavy atom. The van der Waals surface area contributed by atoms with Gasteiger partial charge >= 0.3 is 0 Å². The lowest BCUT2D eigenvalue weighted by molar-refractivity contribution is -0.303. The van der Waals surface area contributed by atoms with Gasteiger partial charge in [0, 0.05) is 11.1 Å². The van der Waals surface area contributed by atoms with E-state index in [0.29, 0.717) is 16.3 Å². The summed E-state index contributed by atoms with van der Waals surface area (Å²) in [6.45, 7) is -0.558. The molecule has 0 aliphatic heterocycles. The van der Waals surface area contributed by atoms with Gasteiger partial charge in [0.25, 0.3) is 0 Å². The Morgan fingerprint density at radius 3 is 2.24 bits per heavy atom. The van der Waals surface area contributed by atoms with E-state index in [0.717, 1.165) is 28.5 Å². The predicted molar refractivity (Wildman–Crippen MR) is 109 cm³/mol. The molecule has 0 aliphatic rings. The average molecular weight is 402 g/mol. The third kappa shape index (κ3) is 5.21. The van der Waals surface area contributed by atoms with E-state index in [1.807, 2.05) is 66.7 Å². The second kappa shape index (κ2) is 9.53. The van der Waals surface area contributed by atoms with Gasteiger partial charge in [0.15, 0.2) is 0 Å². The second-order valence-electron chi connectivity index (χ2n) is 6.02. The van der Waals surface area contributed by atoms with Crippen molar-refractivity contribution in [3.05, 3.63) is 72.3 Å². The summed E-state index contributed by atoms with van der Waals surface area (Å²) in [5, 5.41) is 22.9. The number of nitrogens with zero attached hydrogens (tertiary/aromatic N) is 2. The Hall–Kier alpha value is -3.63. The van der Waals surface area contributed by atoms with Gasteiger partial charge in [0.05, 0.1) is 29.5 Å². The van der Waals surface area contributed by atoms with E-state index < -0.39 is 18.4 Å². The first-order chi connectivity index (χ1) is 14.1. The Balaban J connectivity index is 2.01. The number of benzene rings is 2. The van der Waals surface area contributed by atoms with Gasteiger partial charge in [0.2, 0.25) is 5.91 Å². The number of carboxylic acid groups (broad SMARTS) is 1. The maximum Gasteiger partial charge on any atom is 0.230 e. The summed E-state index contributed by atoms with van der Waals surface area (Å²) in [5.74, 6) is -1.91. The highest BCUT2D eigenvalue weighted by molar-refractivity contribution is 8.00. The molecule has 0 aliphatic carbocycles. The molecule has 144 valence electrons. The van der Waals surface area contributed by atoms with Crippen molar-refractivity contribution in [2.45, 2.75) is 5.03 Å². The Kier molecular flexibility index (Phi) is 6.61. The van der Waals surface area contributed by atoms with Crippen LogP contribution >= 0.6 is 11.8 Å². The summed E-state index contributed by atoms with van der Waals surface area (Å²) in [6, 6.07) is 23.1. The van der Waals surface area contributed by atoms with E-state index in [2.05, 4.69) is 16.4 Å². The minimum atomic E-state index is -1.36. The molecule has 0 bridgehead atoms. The molecule has 0 atom stereocenters. The van der Waals surface area contributed by atoms with Gasteiger partial charge in [-0.1, -0.05) is 72.4 Å². The molecule has 2 aromatic carbocycles. The standard InChI is InChI=1S/C22H17N3O3S/c23-12-18-17(15-7-3-1-4-8-15)11-19(16-9-5-2-6-10-16)25-22(18)29-14-20(26)24-13-21(27)28/h1-11H,13-14H2,(H,24,26)(H,27,28)/p-1. The highest BCUT2D eigenvalue weighted by Crippen LogP contribution is 2.34. The van der Waals surface area contributed by atoms with Crippen molar-refractivity contribution in [2.24, 2.45) is 0 Å². The number of nitrogens with one attached hydrogen (secondary N) is 1. The number of thioether (sulfide) groups is 1. The number of nitriles is 1. The maximum atomic E-state index is 11.9. The van der Waals surface area contributed by atoms with Crippen LogP contribution < -0.4 is 10.4 Å². The number of aliphatic carboxylic acids is 1. The quantitative estimate of drug-likeness (QED) is 0.608. The summed E-state index contributed by atoms with van der Waals surface area (Å²) in [5.41, 5.74) is 3.53. The van der Waals surface area contributed by atoms with E-state index >= 15 is 0 Å². The molecule has 1 heterocycles. The number of aromatic nitrogens is 1. The molecule has 0 spiro atoms. The van der Waals surface area contributed by atoms with Crippen LogP contribution in [0, 0.1) is 11.3 Å². The normalized spacial score (nSPS) is 10.2. The lowest BCUT2D eigenvalue weighted by Crippen LogP contribution is -2.38. The number of carbonyl (C=O) groups excluding carboxylic acids is 2. The molecule has 29 heavy (non-hydrogen) atoms. The van der Waals surface area contributed by atoms with Crippen LogP contribution in [0.2, 0.25) is 0 Å². The molecule has 3 rings (SSSR count). The van der Waals surface area contributed by atoms with Crippen LogP contribution in [0.1, 0.15) is 5.56 Å². The van der Waals surface area contributed by atoms with Gasteiger partial charge in [-0.2, -0.15) is 5.26 Å². The van der Waals surface area contributed by atoms with Crippen LogP contribution in [0.5, 0.6) is 0 Å². The molecule has 0 radical (unpaired) electrons. The van der Waals surface area contributed by atoms with Gasteiger partial charge < -0.3 is 15.2 Å². The van der Waals surface area contributed by atoms with Crippen LogP contribution in [-0.2, 0) is 9.59 Å². The van der Waals surface area contributed by atoms with E-state index in [1.165, 1.54) is 0 Å². The number of hydrogen-bond donors (Lipinski definition) is 1. The van der Waals surface area contributed by atoms with Crippen molar-refractivity contribution in [3.8, 4) is 28.5 Å². The van der Waals surface area contributed by atoms with Gasteiger partial charge in [-0.15, -0.1) is 0 Å². The predicted octanol–water partition coefficient (Wildman–Crippen LogP) is 2.25. The molecule has 1 N–H and O–H groups in total. The Labute approximate surface area is 172 Å². The van der Waals surface area contributed by atoms with Crippen LogP contribution in [0.15, 0.2) is 71.8 Å². The molecular weight excluding hydrogens is 386 g/mol. The fraction of sp³-hybridized carbons (Fsp3) is 0.0909. The first kappa shape index (κ1) is 20.1. The molecular formula is C22H16N3O3S-. The summed E-state index contributed by atoms with van der Waals surface area (Å²) < 4.78 is 0. The highest BCUT2D eigenvalue weighted by atomic mass is 32.2. The Bertz CT molecular complexity index is 1060. The molecule has 0 unspecified atom stereocenters. The number of carbonyl (C=O) groups is 2. The van der Waals surface area contributed by atoms with Gasteiger partial charge in [-0.05, 0) is 11.6 Å². The van der Waals surface area contributed by atoms with Crippen molar-refractivity contribution < 1.29 is 14.7 Å². The van der Waals surface area contributed by atoms with Gasteiger partial charge in [-0.25, -0.2) is 4.98 Å². The number of rotatable bonds is 7. The zero-order valence-electron chi connectivity index (χ0n) is 15.3. The zero-order chi connectivity index (χ0) is 20.6. The fourth-order valence-corrected chi connectivity index (χ4v) is 3.52. The molecule has 1 aromatic heterocycles. The van der Waals surface area contributed by atoms with Crippen LogP contribution in [0.25, 0.3) is 22.4 Å². The third-order valence-electron chi connectivity index (χ3n) is 4.02.